The molecule has 0 saturated heterocycles. The van der Waals surface area contributed by atoms with Crippen LogP contribution in [0.1, 0.15) is 20.4 Å². The Labute approximate surface area is 156 Å². The quantitative estimate of drug-likeness (QED) is 0.618. The number of hydrogen-bond acceptors (Lipinski definition) is 4. The van der Waals surface area contributed by atoms with Crippen LogP contribution in [-0.2, 0) is 6.61 Å². The minimum atomic E-state index is -0.316. The van der Waals surface area contributed by atoms with E-state index in [9.17, 15) is 9.18 Å². The van der Waals surface area contributed by atoms with E-state index in [1.54, 1.807) is 19.1 Å². The third-order valence-corrected chi connectivity index (χ3v) is 4.93. The number of aromatic nitrogens is 1. The zero-order valence-corrected chi connectivity index (χ0v) is 15.7. The topological polar surface area (TPSA) is 51.2 Å². The number of anilines is 1. The van der Waals surface area contributed by atoms with Crippen LogP contribution < -0.4 is 10.1 Å². The van der Waals surface area contributed by atoms with Crippen molar-refractivity contribution in [2.24, 2.45) is 0 Å². The normalized spacial score (nSPS) is 10.5. The van der Waals surface area contributed by atoms with Gasteiger partial charge in [-0.05, 0) is 49.4 Å². The summed E-state index contributed by atoms with van der Waals surface area (Å²) in [6, 6.07) is 13.1. The molecule has 0 atom stereocenters. The van der Waals surface area contributed by atoms with Gasteiger partial charge >= 0.3 is 0 Å². The lowest BCUT2D eigenvalue weighted by Crippen LogP contribution is -2.11. The monoisotopic (exact) mass is 420 g/mol. The maximum absolute atomic E-state index is 12.9. The van der Waals surface area contributed by atoms with E-state index in [0.29, 0.717) is 27.0 Å². The maximum atomic E-state index is 12.9. The van der Waals surface area contributed by atoms with Gasteiger partial charge < -0.3 is 10.1 Å². The molecule has 0 radical (unpaired) electrons. The number of nitrogens with one attached hydrogen (secondary N) is 1. The van der Waals surface area contributed by atoms with E-state index < -0.39 is 0 Å². The molecule has 7 heteroatoms. The van der Waals surface area contributed by atoms with Gasteiger partial charge in [0.1, 0.15) is 28.1 Å². The number of ether oxygens (including phenoxy) is 1. The van der Waals surface area contributed by atoms with Crippen molar-refractivity contribution in [1.29, 1.82) is 0 Å². The Morgan fingerprint density at radius 3 is 2.76 bits per heavy atom. The standard InChI is InChI=1S/C18H14BrFN2O2S/c1-11-17(18(23)22-14-4-2-3-12(19)9-14)25-16(21-11)10-24-15-7-5-13(20)6-8-15/h2-9H,10H2,1H3,(H,22,23). The minimum Gasteiger partial charge on any atom is -0.486 e. The van der Waals surface area contributed by atoms with Crippen molar-refractivity contribution in [1.82, 2.24) is 4.98 Å². The Morgan fingerprint density at radius 1 is 1.28 bits per heavy atom. The van der Waals surface area contributed by atoms with Crippen molar-refractivity contribution in [3.05, 3.63) is 74.4 Å². The van der Waals surface area contributed by atoms with Gasteiger partial charge in [0.15, 0.2) is 0 Å². The summed E-state index contributed by atoms with van der Waals surface area (Å²) in [5.41, 5.74) is 1.35. The zero-order valence-electron chi connectivity index (χ0n) is 13.3. The van der Waals surface area contributed by atoms with Crippen LogP contribution in [0.15, 0.2) is 53.0 Å². The average Bonchev–Trinajstić information content (AvgIpc) is 2.95. The minimum absolute atomic E-state index is 0.207. The molecule has 1 amide bonds. The van der Waals surface area contributed by atoms with Crippen LogP contribution in [-0.4, -0.2) is 10.9 Å². The molecule has 0 aliphatic heterocycles. The molecular weight excluding hydrogens is 407 g/mol. The van der Waals surface area contributed by atoms with Gasteiger partial charge in [-0.25, -0.2) is 9.37 Å². The number of thiazole rings is 1. The van der Waals surface area contributed by atoms with Gasteiger partial charge in [0.2, 0.25) is 0 Å². The third kappa shape index (κ3) is 4.64. The maximum Gasteiger partial charge on any atom is 0.267 e. The van der Waals surface area contributed by atoms with Crippen molar-refractivity contribution in [3.63, 3.8) is 0 Å². The Bertz CT molecular complexity index is 896. The van der Waals surface area contributed by atoms with Crippen LogP contribution in [0, 0.1) is 12.7 Å². The lowest BCUT2D eigenvalue weighted by molar-refractivity contribution is 0.103. The smallest absolute Gasteiger partial charge is 0.267 e. The molecule has 0 aliphatic carbocycles. The molecule has 0 unspecified atom stereocenters. The van der Waals surface area contributed by atoms with Crippen LogP contribution in [0.4, 0.5) is 10.1 Å². The molecule has 3 rings (SSSR count). The zero-order chi connectivity index (χ0) is 17.8. The number of halogens is 2. The average molecular weight is 421 g/mol. The number of amides is 1. The predicted octanol–water partition coefficient (Wildman–Crippen LogP) is 5.18. The number of carbonyl (C=O) groups excluding carboxylic acids is 1. The molecule has 3 aromatic rings. The predicted molar refractivity (Wildman–Crippen MR) is 99.7 cm³/mol. The van der Waals surface area contributed by atoms with Gasteiger partial charge in [0.05, 0.1) is 5.69 Å². The van der Waals surface area contributed by atoms with E-state index in [0.717, 1.165) is 4.47 Å². The highest BCUT2D eigenvalue weighted by atomic mass is 79.9. The Kier molecular flexibility index (Phi) is 5.45. The number of nitrogens with zero attached hydrogens (tertiary/aromatic N) is 1. The van der Waals surface area contributed by atoms with Gasteiger partial charge in [0, 0.05) is 10.2 Å². The van der Waals surface area contributed by atoms with E-state index >= 15 is 0 Å². The molecule has 0 spiro atoms. The molecule has 128 valence electrons. The first-order valence-corrected chi connectivity index (χ1v) is 9.04. The number of benzene rings is 2. The highest BCUT2D eigenvalue weighted by molar-refractivity contribution is 9.10. The van der Waals surface area contributed by atoms with Crippen LogP contribution >= 0.6 is 27.3 Å². The summed E-state index contributed by atoms with van der Waals surface area (Å²) in [6.07, 6.45) is 0. The Morgan fingerprint density at radius 2 is 2.04 bits per heavy atom. The number of aryl methyl sites for hydroxylation is 1. The fraction of sp³-hybridized carbons (Fsp3) is 0.111. The summed E-state index contributed by atoms with van der Waals surface area (Å²) >= 11 is 4.65. The molecule has 0 fully saturated rings. The first-order chi connectivity index (χ1) is 12.0. The Hall–Kier alpha value is -2.25. The number of carbonyl (C=O) groups is 1. The second-order valence-electron chi connectivity index (χ2n) is 5.23. The van der Waals surface area contributed by atoms with E-state index in [4.69, 9.17) is 4.74 Å². The summed E-state index contributed by atoms with van der Waals surface area (Å²) in [4.78, 5) is 17.3. The molecular formula is C18H14BrFN2O2S. The largest absolute Gasteiger partial charge is 0.486 e. The van der Waals surface area contributed by atoms with E-state index in [2.05, 4.69) is 26.2 Å². The fourth-order valence-electron chi connectivity index (χ4n) is 2.15. The van der Waals surface area contributed by atoms with Crippen LogP contribution in [0.5, 0.6) is 5.75 Å². The molecule has 0 saturated carbocycles. The summed E-state index contributed by atoms with van der Waals surface area (Å²) in [5, 5.41) is 3.53. The fourth-order valence-corrected chi connectivity index (χ4v) is 3.43. The van der Waals surface area contributed by atoms with Crippen LogP contribution in [0.3, 0.4) is 0 Å². The van der Waals surface area contributed by atoms with Gasteiger partial charge in [-0.3, -0.25) is 4.79 Å². The first-order valence-electron chi connectivity index (χ1n) is 7.43. The SMILES string of the molecule is Cc1nc(COc2ccc(F)cc2)sc1C(=O)Nc1cccc(Br)c1. The van der Waals surface area contributed by atoms with Crippen molar-refractivity contribution in [2.75, 3.05) is 5.32 Å². The highest BCUT2D eigenvalue weighted by Crippen LogP contribution is 2.23. The Balaban J connectivity index is 1.67. The van der Waals surface area contributed by atoms with Crippen molar-refractivity contribution >= 4 is 38.9 Å². The van der Waals surface area contributed by atoms with E-state index in [1.165, 1.54) is 23.5 Å². The number of hydrogen-bond donors (Lipinski definition) is 1. The van der Waals surface area contributed by atoms with Crippen LogP contribution in [0.25, 0.3) is 0 Å². The third-order valence-electron chi connectivity index (χ3n) is 3.31. The van der Waals surface area contributed by atoms with Crippen molar-refractivity contribution < 1.29 is 13.9 Å². The summed E-state index contributed by atoms with van der Waals surface area (Å²) in [5.74, 6) is 0.0273. The molecule has 25 heavy (non-hydrogen) atoms. The summed E-state index contributed by atoms with van der Waals surface area (Å²) in [6.45, 7) is 2.01. The van der Waals surface area contributed by atoms with Gasteiger partial charge in [-0.2, -0.15) is 0 Å². The molecule has 1 N–H and O–H groups in total. The summed E-state index contributed by atoms with van der Waals surface area (Å²) < 4.78 is 19.3. The molecule has 1 aromatic heterocycles. The molecule has 2 aromatic carbocycles. The van der Waals surface area contributed by atoms with Gasteiger partial charge in [-0.15, -0.1) is 11.3 Å². The first kappa shape index (κ1) is 17.6. The van der Waals surface area contributed by atoms with Crippen molar-refractivity contribution in [3.8, 4) is 5.75 Å². The van der Waals surface area contributed by atoms with E-state index in [-0.39, 0.29) is 18.3 Å². The van der Waals surface area contributed by atoms with Gasteiger partial charge in [-0.1, -0.05) is 22.0 Å². The summed E-state index contributed by atoms with van der Waals surface area (Å²) in [7, 11) is 0. The second kappa shape index (κ2) is 7.76. The van der Waals surface area contributed by atoms with Crippen molar-refractivity contribution in [2.45, 2.75) is 13.5 Å². The molecule has 0 bridgehead atoms. The second-order valence-corrected chi connectivity index (χ2v) is 7.23. The lowest BCUT2D eigenvalue weighted by Gasteiger charge is -2.04. The number of rotatable bonds is 5. The lowest BCUT2D eigenvalue weighted by atomic mass is 10.3. The van der Waals surface area contributed by atoms with Crippen LogP contribution in [0.2, 0.25) is 0 Å². The molecule has 0 aliphatic rings. The van der Waals surface area contributed by atoms with Gasteiger partial charge in [0.25, 0.3) is 5.91 Å². The highest BCUT2D eigenvalue weighted by Gasteiger charge is 2.16. The molecule has 4 nitrogen and oxygen atoms in total. The molecule has 1 heterocycles. The van der Waals surface area contributed by atoms with E-state index in [1.807, 2.05) is 24.3 Å².